The zero-order chi connectivity index (χ0) is 16.7. The fourth-order valence-corrected chi connectivity index (χ4v) is 6.30. The van der Waals surface area contributed by atoms with Gasteiger partial charge in [-0.1, -0.05) is 0 Å². The van der Waals surface area contributed by atoms with Crippen LogP contribution in [0.5, 0.6) is 0 Å². The third kappa shape index (κ3) is 3.15. The highest BCUT2D eigenvalue weighted by Gasteiger charge is 2.48. The van der Waals surface area contributed by atoms with Gasteiger partial charge in [0.25, 0.3) is 0 Å². The first-order chi connectivity index (χ1) is 11.7. The molecular formula is C20H37N3O. The van der Waals surface area contributed by atoms with Crippen molar-refractivity contribution in [3.63, 3.8) is 0 Å². The van der Waals surface area contributed by atoms with Gasteiger partial charge in [0.1, 0.15) is 0 Å². The van der Waals surface area contributed by atoms with Gasteiger partial charge in [-0.25, -0.2) is 0 Å². The Morgan fingerprint density at radius 1 is 0.958 bits per heavy atom. The number of hydrogen-bond acceptors (Lipinski definition) is 4. The molecule has 0 aromatic heterocycles. The molecule has 0 radical (unpaired) electrons. The molecule has 0 bridgehead atoms. The van der Waals surface area contributed by atoms with E-state index in [-0.39, 0.29) is 0 Å². The van der Waals surface area contributed by atoms with E-state index in [4.69, 9.17) is 4.74 Å². The van der Waals surface area contributed by atoms with Crippen molar-refractivity contribution in [1.29, 1.82) is 0 Å². The van der Waals surface area contributed by atoms with Crippen LogP contribution in [0, 0.1) is 5.92 Å². The summed E-state index contributed by atoms with van der Waals surface area (Å²) in [7, 11) is 6.40. The highest BCUT2D eigenvalue weighted by Crippen LogP contribution is 2.40. The summed E-state index contributed by atoms with van der Waals surface area (Å²) in [6.07, 6.45) is 12.7. The molecule has 0 aromatic carbocycles. The minimum atomic E-state index is 0.475. The topological polar surface area (TPSA) is 27.7 Å². The van der Waals surface area contributed by atoms with E-state index >= 15 is 0 Å². The van der Waals surface area contributed by atoms with Crippen molar-refractivity contribution < 1.29 is 4.74 Å². The molecule has 4 fully saturated rings. The number of nitrogens with zero attached hydrogens (tertiary/aromatic N) is 2. The first kappa shape index (κ1) is 17.3. The molecule has 2 heterocycles. The van der Waals surface area contributed by atoms with E-state index in [1.807, 2.05) is 7.11 Å². The highest BCUT2D eigenvalue weighted by molar-refractivity contribution is 5.07. The first-order valence-corrected chi connectivity index (χ1v) is 10.4. The number of ether oxygens (including phenoxy) is 1. The zero-order valence-electron chi connectivity index (χ0n) is 15.9. The van der Waals surface area contributed by atoms with Gasteiger partial charge in [-0.2, -0.15) is 0 Å². The fourth-order valence-electron chi connectivity index (χ4n) is 6.30. The zero-order valence-corrected chi connectivity index (χ0v) is 15.9. The largest absolute Gasteiger partial charge is 0.381 e. The number of methoxy groups -OCH3 is 1. The van der Waals surface area contributed by atoms with E-state index in [9.17, 15) is 0 Å². The van der Waals surface area contributed by atoms with Crippen molar-refractivity contribution in [2.75, 3.05) is 27.7 Å². The number of hydrogen-bond donors (Lipinski definition) is 1. The minimum absolute atomic E-state index is 0.475. The summed E-state index contributed by atoms with van der Waals surface area (Å²) >= 11 is 0. The van der Waals surface area contributed by atoms with Crippen LogP contribution in [0.1, 0.15) is 57.8 Å². The van der Waals surface area contributed by atoms with Crippen LogP contribution in [0.4, 0.5) is 0 Å². The van der Waals surface area contributed by atoms with Gasteiger partial charge in [-0.05, 0) is 84.3 Å². The van der Waals surface area contributed by atoms with Gasteiger partial charge in [0.15, 0.2) is 0 Å². The lowest BCUT2D eigenvalue weighted by Crippen LogP contribution is -2.69. The number of fused-ring (bicyclic) bond motifs is 3. The predicted octanol–water partition coefficient (Wildman–Crippen LogP) is 2.48. The van der Waals surface area contributed by atoms with E-state index in [0.717, 1.165) is 30.1 Å². The Labute approximate surface area is 148 Å². The molecule has 5 atom stereocenters. The van der Waals surface area contributed by atoms with Crippen LogP contribution < -0.4 is 5.32 Å². The van der Waals surface area contributed by atoms with Crippen LogP contribution in [0.15, 0.2) is 0 Å². The third-order valence-corrected chi connectivity index (χ3v) is 7.67. The van der Waals surface area contributed by atoms with Crippen LogP contribution in [0.3, 0.4) is 0 Å². The van der Waals surface area contributed by atoms with Crippen LogP contribution in [0.2, 0.25) is 0 Å². The van der Waals surface area contributed by atoms with Gasteiger partial charge in [-0.15, -0.1) is 0 Å². The van der Waals surface area contributed by atoms with Crippen molar-refractivity contribution in [1.82, 2.24) is 15.1 Å². The van der Waals surface area contributed by atoms with Crippen molar-refractivity contribution in [3.8, 4) is 0 Å². The van der Waals surface area contributed by atoms with Crippen molar-refractivity contribution in [2.24, 2.45) is 5.92 Å². The van der Waals surface area contributed by atoms with Crippen molar-refractivity contribution in [2.45, 2.75) is 94.1 Å². The quantitative estimate of drug-likeness (QED) is 0.857. The van der Waals surface area contributed by atoms with Gasteiger partial charge in [0, 0.05) is 37.3 Å². The summed E-state index contributed by atoms with van der Waals surface area (Å²) < 4.78 is 5.71. The molecule has 4 heteroatoms. The summed E-state index contributed by atoms with van der Waals surface area (Å²) in [4.78, 5) is 5.35. The molecule has 2 saturated heterocycles. The van der Waals surface area contributed by atoms with Crippen molar-refractivity contribution in [3.05, 3.63) is 0 Å². The van der Waals surface area contributed by atoms with E-state index < -0.39 is 0 Å². The van der Waals surface area contributed by atoms with Crippen LogP contribution in [-0.2, 0) is 4.74 Å². The molecule has 4 nitrogen and oxygen atoms in total. The molecule has 2 saturated carbocycles. The Hall–Kier alpha value is -0.160. The van der Waals surface area contributed by atoms with Crippen LogP contribution in [-0.4, -0.2) is 73.9 Å². The van der Waals surface area contributed by atoms with Crippen molar-refractivity contribution >= 4 is 0 Å². The van der Waals surface area contributed by atoms with Gasteiger partial charge in [-0.3, -0.25) is 4.90 Å². The van der Waals surface area contributed by atoms with Crippen LogP contribution >= 0.6 is 0 Å². The molecule has 0 aromatic rings. The first-order valence-electron chi connectivity index (χ1n) is 10.4. The molecule has 0 amide bonds. The Kier molecular flexibility index (Phi) is 5.19. The maximum Gasteiger partial charge on any atom is 0.0587 e. The SMILES string of the molecule is COC1CCC2C(C1)NC(C1CCC(N(C)C)CC1)C1CCCN21. The third-order valence-electron chi connectivity index (χ3n) is 7.67. The summed E-state index contributed by atoms with van der Waals surface area (Å²) in [5.41, 5.74) is 0. The predicted molar refractivity (Wildman–Crippen MR) is 98.3 cm³/mol. The standard InChI is InChI=1S/C20H37N3O/c1-22(2)15-8-6-14(7-9-15)20-19-5-4-12-23(19)18-11-10-16(24-3)13-17(18)21-20/h14-21H,4-13H2,1-3H3. The van der Waals surface area contributed by atoms with Crippen LogP contribution in [0.25, 0.3) is 0 Å². The monoisotopic (exact) mass is 335 g/mol. The molecular weight excluding hydrogens is 298 g/mol. The Morgan fingerprint density at radius 2 is 1.75 bits per heavy atom. The molecule has 2 aliphatic carbocycles. The average molecular weight is 336 g/mol. The second kappa shape index (κ2) is 7.22. The maximum atomic E-state index is 5.71. The molecule has 138 valence electrons. The average Bonchev–Trinajstić information content (AvgIpc) is 3.10. The molecule has 1 N–H and O–H groups in total. The molecule has 4 rings (SSSR count). The Bertz CT molecular complexity index is 421. The summed E-state index contributed by atoms with van der Waals surface area (Å²) in [6, 6.07) is 3.79. The Morgan fingerprint density at radius 3 is 2.46 bits per heavy atom. The number of nitrogens with one attached hydrogen (secondary N) is 1. The molecule has 24 heavy (non-hydrogen) atoms. The van der Waals surface area contributed by atoms with E-state index in [1.165, 1.54) is 64.3 Å². The smallest absolute Gasteiger partial charge is 0.0587 e. The molecule has 5 unspecified atom stereocenters. The lowest BCUT2D eigenvalue weighted by atomic mass is 9.74. The van der Waals surface area contributed by atoms with Gasteiger partial charge in [0.2, 0.25) is 0 Å². The lowest BCUT2D eigenvalue weighted by molar-refractivity contribution is -0.0314. The Balaban J connectivity index is 1.45. The van der Waals surface area contributed by atoms with Gasteiger partial charge < -0.3 is 15.0 Å². The summed E-state index contributed by atoms with van der Waals surface area (Å²) in [5, 5.41) is 4.17. The highest BCUT2D eigenvalue weighted by atomic mass is 16.5. The van der Waals surface area contributed by atoms with Gasteiger partial charge >= 0.3 is 0 Å². The van der Waals surface area contributed by atoms with E-state index in [2.05, 4.69) is 29.2 Å². The lowest BCUT2D eigenvalue weighted by Gasteiger charge is -2.54. The molecule has 0 spiro atoms. The normalized spacial score (nSPS) is 46.8. The van der Waals surface area contributed by atoms with E-state index in [1.54, 1.807) is 0 Å². The summed E-state index contributed by atoms with van der Waals surface area (Å²) in [6.45, 7) is 1.34. The number of piperazine rings is 1. The second-order valence-electron chi connectivity index (χ2n) is 9.02. The van der Waals surface area contributed by atoms with Gasteiger partial charge in [0.05, 0.1) is 6.10 Å². The molecule has 4 aliphatic rings. The molecule has 2 aliphatic heterocycles. The maximum absolute atomic E-state index is 5.71. The number of rotatable bonds is 3. The fraction of sp³-hybridized carbons (Fsp3) is 1.00. The minimum Gasteiger partial charge on any atom is -0.381 e. The summed E-state index contributed by atoms with van der Waals surface area (Å²) in [5.74, 6) is 0.885. The second-order valence-corrected chi connectivity index (χ2v) is 9.02. The van der Waals surface area contributed by atoms with E-state index in [0.29, 0.717) is 12.1 Å².